The van der Waals surface area contributed by atoms with Gasteiger partial charge in [0, 0.05) is 55.7 Å². The molecule has 2 aliphatic carbocycles. The number of nitro benzene ring substituents is 1. The van der Waals surface area contributed by atoms with E-state index in [0.29, 0.717) is 51.3 Å². The molecule has 124 heavy (non-hydrogen) atoms. The minimum Gasteiger partial charge on any atom is -0.464 e. The minimum absolute atomic E-state index is 0.0571. The number of nitrogens with zero attached hydrogens (tertiary/aromatic N) is 5. The van der Waals surface area contributed by atoms with Crippen molar-refractivity contribution in [1.82, 2.24) is 36.8 Å². The van der Waals surface area contributed by atoms with Crippen LogP contribution in [0.2, 0.25) is 0 Å². The van der Waals surface area contributed by atoms with Crippen molar-refractivity contribution < 1.29 is 57.5 Å². The molecule has 1 heterocycles. The van der Waals surface area contributed by atoms with Gasteiger partial charge < -0.3 is 55.9 Å². The van der Waals surface area contributed by atoms with Gasteiger partial charge in [-0.25, -0.2) is 9.59 Å². The van der Waals surface area contributed by atoms with Crippen LogP contribution in [0.25, 0.3) is 22.3 Å². The van der Waals surface area contributed by atoms with Gasteiger partial charge in [0.05, 0.1) is 54.2 Å². The van der Waals surface area contributed by atoms with Crippen molar-refractivity contribution >= 4 is 70.4 Å². The van der Waals surface area contributed by atoms with Gasteiger partial charge in [0.25, 0.3) is 5.69 Å². The zero-order valence-corrected chi connectivity index (χ0v) is 68.0. The quantitative estimate of drug-likeness (QED) is 0.00556. The summed E-state index contributed by atoms with van der Waals surface area (Å²) in [5, 5.41) is 37.8. The third-order valence-corrected chi connectivity index (χ3v) is 23.0. The first-order chi connectivity index (χ1) is 60.5. The smallest absolute Gasteiger partial charge is 0.407 e. The number of amides is 7. The first kappa shape index (κ1) is 83.8. The monoisotopic (exact) mass is 1650 g/mol. The predicted octanol–water partition coefficient (Wildman–Crippen LogP) is 15.8. The molecule has 12 aromatic carbocycles. The van der Waals surface area contributed by atoms with Crippen molar-refractivity contribution in [3.8, 4) is 22.3 Å². The summed E-state index contributed by atoms with van der Waals surface area (Å²) in [6.45, 7) is 1.74. The summed E-state index contributed by atoms with van der Waals surface area (Å²) >= 11 is 0. The number of alkyl carbamates (subject to hydrolysis) is 2. The first-order valence-corrected chi connectivity index (χ1v) is 41.3. The number of carbonyl (C=O) groups excluding carboxylic acids is 8. The van der Waals surface area contributed by atoms with E-state index in [2.05, 4.69) is 42.1 Å². The molecule has 0 unspecified atom stereocenters. The fourth-order valence-corrected chi connectivity index (χ4v) is 17.0. The number of esters is 1. The molecule has 6 N–H and O–H groups in total. The van der Waals surface area contributed by atoms with Crippen LogP contribution in [0.4, 0.5) is 32.3 Å². The van der Waals surface area contributed by atoms with Crippen LogP contribution in [-0.4, -0.2) is 128 Å². The number of benzene rings is 12. The molecule has 1 aliphatic heterocycles. The van der Waals surface area contributed by atoms with Gasteiger partial charge in [-0.05, 0) is 121 Å². The summed E-state index contributed by atoms with van der Waals surface area (Å²) in [4.78, 5) is 135. The lowest BCUT2D eigenvalue weighted by Gasteiger charge is -2.37. The van der Waals surface area contributed by atoms with Crippen LogP contribution in [0.15, 0.2) is 338 Å². The molecule has 0 radical (unpaired) electrons. The highest BCUT2D eigenvalue weighted by Crippen LogP contribution is 2.47. The number of rotatable bonds is 33. The van der Waals surface area contributed by atoms with Crippen molar-refractivity contribution in [3.05, 3.63) is 393 Å². The van der Waals surface area contributed by atoms with Crippen molar-refractivity contribution in [2.45, 2.75) is 79.7 Å². The Balaban J connectivity index is 0.723. The lowest BCUT2D eigenvalue weighted by Crippen LogP contribution is -2.59. The van der Waals surface area contributed by atoms with E-state index in [1.807, 2.05) is 303 Å². The van der Waals surface area contributed by atoms with E-state index in [4.69, 9.17) is 14.2 Å². The highest BCUT2D eigenvalue weighted by molar-refractivity contribution is 5.94. The Morgan fingerprint density at radius 3 is 1.08 bits per heavy atom. The van der Waals surface area contributed by atoms with Gasteiger partial charge in [-0.15, -0.1) is 0 Å². The summed E-state index contributed by atoms with van der Waals surface area (Å²) in [6, 6.07) is 94.2. The van der Waals surface area contributed by atoms with Crippen LogP contribution in [0.5, 0.6) is 0 Å². The SMILES string of the molecule is CCN(CCOC(=O)CCC(=O)N1C[C@@H](NC(=O)[C@H](CC(=O)NC(c2ccccc2)(c2ccccc2)c2ccccc2)NC(=O)OCC2c3ccccc3-c3ccccc32)[C@H](NC(=O)[C@H](CC(=O)NC(c2ccccc2)(c2ccccc2)c2ccccc2)NC(=O)OCC2c3ccccc3-c3ccccc32)C1)c1ccc(N=Nc2ccc([N+](=O)[O-])cc2)cc1. The lowest BCUT2D eigenvalue weighted by atomic mass is 9.77. The fourth-order valence-electron chi connectivity index (χ4n) is 17.0. The average molecular weight is 1650 g/mol. The largest absolute Gasteiger partial charge is 0.464 e. The number of fused-ring (bicyclic) bond motifs is 6. The molecular weight excluding hydrogens is 1560 g/mol. The molecule has 4 atom stereocenters. The summed E-state index contributed by atoms with van der Waals surface area (Å²) < 4.78 is 18.0. The van der Waals surface area contributed by atoms with Crippen molar-refractivity contribution in [2.24, 2.45) is 10.2 Å². The Hall–Kier alpha value is -15.2. The predicted molar refractivity (Wildman–Crippen MR) is 470 cm³/mol. The molecule has 0 saturated carbocycles. The second-order valence-corrected chi connectivity index (χ2v) is 30.6. The number of nitro groups is 1. The van der Waals surface area contributed by atoms with Crippen molar-refractivity contribution in [3.63, 3.8) is 0 Å². The topological polar surface area (TPSA) is 311 Å². The van der Waals surface area contributed by atoms with Crippen molar-refractivity contribution in [2.75, 3.05) is 50.9 Å². The van der Waals surface area contributed by atoms with Gasteiger partial charge in [0.1, 0.15) is 43.0 Å². The van der Waals surface area contributed by atoms with Crippen LogP contribution in [0.3, 0.4) is 0 Å². The van der Waals surface area contributed by atoms with Gasteiger partial charge >= 0.3 is 18.2 Å². The molecule has 15 rings (SSSR count). The average Bonchev–Trinajstić information content (AvgIpc) is 1.43. The van der Waals surface area contributed by atoms with Crippen LogP contribution in [0.1, 0.15) is 100 Å². The van der Waals surface area contributed by atoms with Gasteiger partial charge in [-0.1, -0.05) is 279 Å². The van der Waals surface area contributed by atoms with E-state index in [0.717, 1.165) is 50.2 Å². The number of nitrogens with one attached hydrogen (secondary N) is 6. The van der Waals surface area contributed by atoms with E-state index in [1.54, 1.807) is 12.1 Å². The molecule has 24 nitrogen and oxygen atoms in total. The Morgan fingerprint density at radius 1 is 0.427 bits per heavy atom. The Bertz CT molecular complexity index is 5270. The van der Waals surface area contributed by atoms with E-state index in [9.17, 15) is 29.3 Å². The minimum atomic E-state index is -1.73. The number of azo groups is 1. The number of likely N-dealkylation sites (tertiary alicyclic amines) is 1. The summed E-state index contributed by atoms with van der Waals surface area (Å²) in [7, 11) is 0. The van der Waals surface area contributed by atoms with E-state index < -0.39 is 113 Å². The van der Waals surface area contributed by atoms with Crippen molar-refractivity contribution in [1.29, 1.82) is 0 Å². The molecule has 24 heteroatoms. The maximum atomic E-state index is 15.9. The second-order valence-electron chi connectivity index (χ2n) is 30.6. The zero-order chi connectivity index (χ0) is 85.9. The number of anilines is 1. The van der Waals surface area contributed by atoms with E-state index >= 15 is 19.2 Å². The summed E-state index contributed by atoms with van der Waals surface area (Å²) in [5.41, 5.74) is 10.6. The Kier molecular flexibility index (Phi) is 26.3. The van der Waals surface area contributed by atoms with Gasteiger partial charge in [0.15, 0.2) is 0 Å². The van der Waals surface area contributed by atoms with Crippen LogP contribution in [-0.2, 0) is 54.1 Å². The molecule has 1 saturated heterocycles. The zero-order valence-electron chi connectivity index (χ0n) is 68.0. The molecule has 1 fully saturated rings. The summed E-state index contributed by atoms with van der Waals surface area (Å²) in [6.07, 6.45) is -4.22. The Labute approximate surface area is 717 Å². The summed E-state index contributed by atoms with van der Waals surface area (Å²) in [5.74, 6) is -5.29. The molecule has 3 aliphatic rings. The molecule has 0 bridgehead atoms. The maximum Gasteiger partial charge on any atom is 0.407 e. The highest BCUT2D eigenvalue weighted by Gasteiger charge is 2.45. The third-order valence-electron chi connectivity index (χ3n) is 23.0. The number of hydrogen-bond acceptors (Lipinski definition) is 16. The molecular formula is C100H91N11O13. The fraction of sp³-hybridized carbons (Fsp3) is 0.200. The van der Waals surface area contributed by atoms with Gasteiger partial charge in [0.2, 0.25) is 29.5 Å². The number of non-ortho nitro benzene ring substituents is 1. The standard InChI is InChI=1S/C100H91N11O13/c1-2-109(75-53-49-73(50-54-75)107-108-74-51-55-76(56-52-74)111(120)121)59-60-122-94(115)58-57-93(114)110-63-89(101-95(116)87(103-97(118)123-65-85-81-45-25-21-41-77(81)78-42-22-26-46-82(78)85)61-91(112)105-99(67-29-9-3-10-30-67,68-31-11-4-12-32-68)69-33-13-5-14-34-69)90(64-110)102-96(117)88(104-98(119)124-66-86-83-47-27-23-43-79(83)80-44-24-28-48-84(80)86)62-92(113)106-100(70-35-15-6-16-36-70,71-37-17-7-18-38-71)72-39-19-8-20-40-72/h3-56,85-90H,2,57-66H2,1H3,(H,101,116)(H,102,117)(H,103,118)(H,104,119)(H,105,112)(H,106,113)/t87-,88-,89+,90+/m0/s1. The van der Waals surface area contributed by atoms with Crippen LogP contribution < -0.4 is 36.8 Å². The number of ether oxygens (including phenoxy) is 3. The molecule has 12 aromatic rings. The third kappa shape index (κ3) is 19.0. The molecule has 0 aromatic heterocycles. The molecule has 7 amide bonds. The first-order valence-electron chi connectivity index (χ1n) is 41.3. The molecule has 0 spiro atoms. The maximum absolute atomic E-state index is 15.9. The number of carbonyl (C=O) groups is 8. The Morgan fingerprint density at radius 2 is 0.750 bits per heavy atom. The normalized spacial score (nSPS) is 14.4. The lowest BCUT2D eigenvalue weighted by molar-refractivity contribution is -0.384. The highest BCUT2D eigenvalue weighted by atomic mass is 16.6. The number of likely N-dealkylation sites (N-methyl/N-ethyl adjacent to an activating group) is 1. The van der Waals surface area contributed by atoms with Gasteiger partial charge in [-0.3, -0.25) is 38.9 Å². The van der Waals surface area contributed by atoms with E-state index in [1.165, 1.54) is 29.2 Å². The van der Waals surface area contributed by atoms with Gasteiger partial charge in [-0.2, -0.15) is 10.2 Å². The number of hydrogen-bond donors (Lipinski definition) is 6. The van der Waals surface area contributed by atoms with Crippen LogP contribution in [0, 0.1) is 10.1 Å². The van der Waals surface area contributed by atoms with Crippen LogP contribution >= 0.6 is 0 Å². The molecule has 624 valence electrons. The second kappa shape index (κ2) is 38.9. The van der Waals surface area contributed by atoms with E-state index in [-0.39, 0.29) is 58.0 Å².